The van der Waals surface area contributed by atoms with E-state index in [2.05, 4.69) is 4.90 Å². The molecule has 0 amide bonds. The highest BCUT2D eigenvalue weighted by molar-refractivity contribution is 5.99. The molecule has 0 radical (unpaired) electrons. The minimum atomic E-state index is -0.217. The molecule has 0 atom stereocenters. The fourth-order valence-corrected chi connectivity index (χ4v) is 3.11. The number of nitrogens with zero attached hydrogens (tertiary/aromatic N) is 1. The number of halogens is 1. The van der Waals surface area contributed by atoms with Crippen molar-refractivity contribution >= 4 is 11.5 Å². The Morgan fingerprint density at radius 1 is 1.12 bits per heavy atom. The highest BCUT2D eigenvalue weighted by atomic mass is 19.1. The van der Waals surface area contributed by atoms with E-state index >= 15 is 0 Å². The van der Waals surface area contributed by atoms with Gasteiger partial charge in [0.1, 0.15) is 18.1 Å². The molecular weight excluding hydrogens is 307 g/mol. The van der Waals surface area contributed by atoms with Crippen LogP contribution in [0, 0.1) is 5.82 Å². The highest BCUT2D eigenvalue weighted by Gasteiger charge is 2.24. The number of ether oxygens (including phenoxy) is 1. The van der Waals surface area contributed by atoms with Gasteiger partial charge in [-0.1, -0.05) is 12.1 Å². The van der Waals surface area contributed by atoms with Crippen LogP contribution in [0.2, 0.25) is 0 Å². The minimum absolute atomic E-state index is 0.109. The zero-order valence-electron chi connectivity index (χ0n) is 13.8. The van der Waals surface area contributed by atoms with Gasteiger partial charge < -0.3 is 14.5 Å². The van der Waals surface area contributed by atoms with Crippen LogP contribution in [-0.4, -0.2) is 45.6 Å². The Kier molecular flexibility index (Phi) is 5.11. The largest absolute Gasteiger partial charge is 0.496 e. The molecule has 0 saturated carbocycles. The smallest absolute Gasteiger partial charge is 0.220 e. The normalized spacial score (nSPS) is 15.3. The molecule has 2 aromatic carbocycles. The zero-order chi connectivity index (χ0) is 16.9. The summed E-state index contributed by atoms with van der Waals surface area (Å²) in [5.41, 5.74) is 1.68. The Bertz CT molecular complexity index is 695. The Morgan fingerprint density at radius 2 is 1.79 bits per heavy atom. The van der Waals surface area contributed by atoms with E-state index in [1.54, 1.807) is 19.2 Å². The van der Waals surface area contributed by atoms with Crippen molar-refractivity contribution in [2.24, 2.45) is 0 Å². The monoisotopic (exact) mass is 329 g/mol. The maximum atomic E-state index is 13.0. The van der Waals surface area contributed by atoms with Crippen molar-refractivity contribution in [3.63, 3.8) is 0 Å². The Balaban J connectivity index is 1.57. The summed E-state index contributed by atoms with van der Waals surface area (Å²) in [5.74, 6) is 0.523. The van der Waals surface area contributed by atoms with Gasteiger partial charge in [-0.2, -0.15) is 0 Å². The van der Waals surface area contributed by atoms with Crippen LogP contribution in [0.15, 0.2) is 48.5 Å². The number of Topliss-reactive ketones (excluding diaryl/α,β-unsaturated/α-hetero) is 1. The van der Waals surface area contributed by atoms with Crippen LogP contribution in [0.3, 0.4) is 0 Å². The van der Waals surface area contributed by atoms with Crippen LogP contribution in [0.1, 0.15) is 10.4 Å². The maximum Gasteiger partial charge on any atom is 0.220 e. The number of methoxy groups -OCH3 is 1. The molecule has 0 aromatic heterocycles. The molecule has 0 unspecified atom stereocenters. The van der Waals surface area contributed by atoms with Gasteiger partial charge in [-0.3, -0.25) is 4.79 Å². The van der Waals surface area contributed by atoms with Crippen molar-refractivity contribution in [3.8, 4) is 5.75 Å². The summed E-state index contributed by atoms with van der Waals surface area (Å²) in [7, 11) is 1.58. The van der Waals surface area contributed by atoms with Gasteiger partial charge in [-0.15, -0.1) is 0 Å². The topological polar surface area (TPSA) is 34.0 Å². The number of carbonyl (C=O) groups excluding carboxylic acids is 1. The van der Waals surface area contributed by atoms with Crippen LogP contribution >= 0.6 is 0 Å². The summed E-state index contributed by atoms with van der Waals surface area (Å²) in [6.07, 6.45) is 0. The van der Waals surface area contributed by atoms with Gasteiger partial charge in [0.15, 0.2) is 0 Å². The van der Waals surface area contributed by atoms with Crippen molar-refractivity contribution in [2.75, 3.05) is 44.7 Å². The van der Waals surface area contributed by atoms with E-state index in [0.717, 1.165) is 31.9 Å². The molecule has 1 fully saturated rings. The minimum Gasteiger partial charge on any atom is -0.496 e. The van der Waals surface area contributed by atoms with Gasteiger partial charge in [-0.25, -0.2) is 4.39 Å². The molecule has 5 heteroatoms. The Hall–Kier alpha value is -2.40. The van der Waals surface area contributed by atoms with Crippen LogP contribution < -0.4 is 14.5 Å². The number of anilines is 1. The first-order chi connectivity index (χ1) is 11.7. The lowest BCUT2D eigenvalue weighted by atomic mass is 10.1. The van der Waals surface area contributed by atoms with Crippen LogP contribution in [0.5, 0.6) is 5.75 Å². The van der Waals surface area contributed by atoms with Crippen LogP contribution in [0.4, 0.5) is 10.1 Å². The lowest BCUT2D eigenvalue weighted by Gasteiger charge is -2.33. The van der Waals surface area contributed by atoms with E-state index in [1.165, 1.54) is 17.0 Å². The van der Waals surface area contributed by atoms with E-state index in [0.29, 0.717) is 17.9 Å². The third-order valence-electron chi connectivity index (χ3n) is 4.48. The number of nitrogens with one attached hydrogen (secondary N) is 1. The summed E-state index contributed by atoms with van der Waals surface area (Å²) < 4.78 is 18.3. The first-order valence-electron chi connectivity index (χ1n) is 8.17. The summed E-state index contributed by atoms with van der Waals surface area (Å²) >= 11 is 0. The van der Waals surface area contributed by atoms with Gasteiger partial charge in [0.25, 0.3) is 0 Å². The van der Waals surface area contributed by atoms with E-state index in [1.807, 2.05) is 24.3 Å². The number of carbonyl (C=O) groups is 1. The van der Waals surface area contributed by atoms with E-state index < -0.39 is 0 Å². The van der Waals surface area contributed by atoms with Gasteiger partial charge >= 0.3 is 0 Å². The average molecular weight is 329 g/mol. The first-order valence-corrected chi connectivity index (χ1v) is 8.17. The Labute approximate surface area is 141 Å². The quantitative estimate of drug-likeness (QED) is 0.843. The highest BCUT2D eigenvalue weighted by Crippen LogP contribution is 2.17. The van der Waals surface area contributed by atoms with Crippen molar-refractivity contribution in [1.82, 2.24) is 0 Å². The lowest BCUT2D eigenvalue weighted by Crippen LogP contribution is -3.15. The third kappa shape index (κ3) is 3.74. The van der Waals surface area contributed by atoms with Gasteiger partial charge in [-0.05, 0) is 36.4 Å². The molecule has 2 aromatic rings. The van der Waals surface area contributed by atoms with Crippen LogP contribution in [-0.2, 0) is 0 Å². The van der Waals surface area contributed by atoms with E-state index in [-0.39, 0.29) is 11.6 Å². The number of hydrogen-bond donors (Lipinski definition) is 1. The zero-order valence-corrected chi connectivity index (χ0v) is 13.8. The van der Waals surface area contributed by atoms with Gasteiger partial charge in [0, 0.05) is 5.69 Å². The summed E-state index contributed by atoms with van der Waals surface area (Å²) in [4.78, 5) is 16.0. The van der Waals surface area contributed by atoms with Crippen molar-refractivity contribution in [2.45, 2.75) is 0 Å². The molecule has 1 aliphatic rings. The van der Waals surface area contributed by atoms with E-state index in [9.17, 15) is 9.18 Å². The number of benzene rings is 2. The first kappa shape index (κ1) is 16.5. The molecule has 0 aliphatic carbocycles. The molecule has 1 saturated heterocycles. The number of hydrogen-bond acceptors (Lipinski definition) is 3. The number of quaternary nitrogens is 1. The molecule has 24 heavy (non-hydrogen) atoms. The predicted molar refractivity (Wildman–Crippen MR) is 91.5 cm³/mol. The number of para-hydroxylation sites is 1. The molecule has 1 aliphatic heterocycles. The third-order valence-corrected chi connectivity index (χ3v) is 4.48. The molecule has 4 nitrogen and oxygen atoms in total. The summed E-state index contributed by atoms with van der Waals surface area (Å²) in [6.45, 7) is 3.97. The number of piperazine rings is 1. The molecular formula is C19H22FN2O2+. The standard InChI is InChI=1S/C19H21FN2O2/c1-24-19-5-3-2-4-17(19)18(23)14-21-10-12-22(13-11-21)16-8-6-15(20)7-9-16/h2-9H,10-14H2,1H3/p+1. The summed E-state index contributed by atoms with van der Waals surface area (Å²) in [6, 6.07) is 13.9. The fourth-order valence-electron chi connectivity index (χ4n) is 3.11. The van der Waals surface area contributed by atoms with Gasteiger partial charge in [0.2, 0.25) is 5.78 Å². The summed E-state index contributed by atoms with van der Waals surface area (Å²) in [5, 5.41) is 0. The molecule has 126 valence electrons. The van der Waals surface area contributed by atoms with Crippen molar-refractivity contribution in [1.29, 1.82) is 0 Å². The van der Waals surface area contributed by atoms with Gasteiger partial charge in [0.05, 0.1) is 38.9 Å². The molecule has 1 heterocycles. The van der Waals surface area contributed by atoms with Crippen LogP contribution in [0.25, 0.3) is 0 Å². The van der Waals surface area contributed by atoms with E-state index in [4.69, 9.17) is 4.74 Å². The maximum absolute atomic E-state index is 13.0. The predicted octanol–water partition coefficient (Wildman–Crippen LogP) is 1.42. The number of rotatable bonds is 5. The second-order valence-electron chi connectivity index (χ2n) is 6.01. The van der Waals surface area contributed by atoms with Crippen molar-refractivity contribution in [3.05, 3.63) is 59.9 Å². The average Bonchev–Trinajstić information content (AvgIpc) is 2.63. The lowest BCUT2D eigenvalue weighted by molar-refractivity contribution is -0.892. The second-order valence-corrected chi connectivity index (χ2v) is 6.01. The molecule has 0 spiro atoms. The SMILES string of the molecule is COc1ccccc1C(=O)C[NH+]1CCN(c2ccc(F)cc2)CC1. The number of ketones is 1. The second kappa shape index (κ2) is 7.45. The Morgan fingerprint density at radius 3 is 2.46 bits per heavy atom. The molecule has 0 bridgehead atoms. The molecule has 1 N–H and O–H groups in total. The van der Waals surface area contributed by atoms with Crippen molar-refractivity contribution < 1.29 is 18.8 Å². The molecule has 3 rings (SSSR count). The fraction of sp³-hybridized carbons (Fsp3) is 0.316.